The topological polar surface area (TPSA) is 69.6 Å². The Morgan fingerprint density at radius 3 is 2.58 bits per heavy atom. The summed E-state index contributed by atoms with van der Waals surface area (Å²) in [4.78, 5) is 25.7. The minimum atomic E-state index is -0.769. The van der Waals surface area contributed by atoms with Crippen LogP contribution in [0.15, 0.2) is 0 Å². The third kappa shape index (κ3) is 2.61. The molecule has 5 heteroatoms. The van der Waals surface area contributed by atoms with Gasteiger partial charge in [-0.05, 0) is 31.7 Å². The molecule has 2 unspecified atom stereocenters. The summed E-state index contributed by atoms with van der Waals surface area (Å²) >= 11 is 0. The van der Waals surface area contributed by atoms with Crippen LogP contribution in [0.2, 0.25) is 0 Å². The highest BCUT2D eigenvalue weighted by Crippen LogP contribution is 2.38. The minimum absolute atomic E-state index is 0.0436. The fraction of sp³-hybridized carbons (Fsp3) is 0.857. The molecule has 2 heterocycles. The van der Waals surface area contributed by atoms with Crippen molar-refractivity contribution in [2.75, 3.05) is 19.6 Å². The van der Waals surface area contributed by atoms with Gasteiger partial charge >= 0.3 is 5.97 Å². The molecule has 2 rings (SSSR count). The minimum Gasteiger partial charge on any atom is -0.481 e. The number of rotatable bonds is 3. The second-order valence-electron chi connectivity index (χ2n) is 6.13. The highest BCUT2D eigenvalue weighted by atomic mass is 16.4. The molecule has 0 aromatic rings. The zero-order chi connectivity index (χ0) is 14.0. The predicted octanol–water partition coefficient (Wildman–Crippen LogP) is 1.09. The summed E-state index contributed by atoms with van der Waals surface area (Å²) in [6, 6.07) is -0.106. The molecule has 0 aromatic carbocycles. The first-order valence-electron chi connectivity index (χ1n) is 7.23. The number of nitrogens with zero attached hydrogens (tertiary/aromatic N) is 1. The van der Waals surface area contributed by atoms with Gasteiger partial charge in [0, 0.05) is 13.1 Å². The van der Waals surface area contributed by atoms with Crippen LogP contribution >= 0.6 is 0 Å². The van der Waals surface area contributed by atoms with Crippen LogP contribution in [0, 0.1) is 11.3 Å². The van der Waals surface area contributed by atoms with Crippen molar-refractivity contribution in [3.63, 3.8) is 0 Å². The van der Waals surface area contributed by atoms with Crippen LogP contribution in [0.4, 0.5) is 0 Å². The number of nitrogens with one attached hydrogen (secondary N) is 1. The van der Waals surface area contributed by atoms with Crippen LogP contribution in [-0.2, 0) is 9.59 Å². The number of carbonyl (C=O) groups excluding carboxylic acids is 1. The van der Waals surface area contributed by atoms with Gasteiger partial charge in [0.25, 0.3) is 0 Å². The van der Waals surface area contributed by atoms with E-state index in [-0.39, 0.29) is 17.9 Å². The molecule has 2 N–H and O–H groups in total. The number of carbonyl (C=O) groups is 2. The Bertz CT molecular complexity index is 364. The standard InChI is InChI=1S/C14H24N2O3/c1-10(2)14(13(18)19)6-8-16(9-14)12(17)11-5-3-4-7-15-11/h10-11,15H,3-9H2,1-2H3,(H,18,19). The Kier molecular flexibility index (Phi) is 4.13. The lowest BCUT2D eigenvalue weighted by Gasteiger charge is -2.31. The number of aliphatic carboxylic acids is 1. The van der Waals surface area contributed by atoms with Gasteiger partial charge in [0.15, 0.2) is 0 Å². The Morgan fingerprint density at radius 1 is 1.37 bits per heavy atom. The van der Waals surface area contributed by atoms with E-state index in [1.54, 1.807) is 4.90 Å². The van der Waals surface area contributed by atoms with Gasteiger partial charge in [0.05, 0.1) is 11.5 Å². The lowest BCUT2D eigenvalue weighted by Crippen LogP contribution is -2.49. The summed E-state index contributed by atoms with van der Waals surface area (Å²) in [5.41, 5.74) is -0.760. The molecule has 5 nitrogen and oxygen atoms in total. The summed E-state index contributed by atoms with van der Waals surface area (Å²) in [5, 5.41) is 12.7. The van der Waals surface area contributed by atoms with Crippen LogP contribution in [0.25, 0.3) is 0 Å². The number of amides is 1. The summed E-state index contributed by atoms with van der Waals surface area (Å²) in [7, 11) is 0. The van der Waals surface area contributed by atoms with E-state index in [9.17, 15) is 14.7 Å². The molecule has 0 radical (unpaired) electrons. The van der Waals surface area contributed by atoms with Crippen LogP contribution in [0.1, 0.15) is 39.5 Å². The highest BCUT2D eigenvalue weighted by molar-refractivity contribution is 5.84. The van der Waals surface area contributed by atoms with E-state index in [4.69, 9.17) is 0 Å². The summed E-state index contributed by atoms with van der Waals surface area (Å²) in [5.74, 6) is -0.639. The van der Waals surface area contributed by atoms with Gasteiger partial charge in [0.1, 0.15) is 0 Å². The molecule has 0 aromatic heterocycles. The van der Waals surface area contributed by atoms with Gasteiger partial charge in [-0.15, -0.1) is 0 Å². The maximum atomic E-state index is 12.4. The molecule has 0 bridgehead atoms. The Labute approximate surface area is 114 Å². The molecule has 0 aliphatic carbocycles. The molecule has 2 atom stereocenters. The zero-order valence-electron chi connectivity index (χ0n) is 11.8. The third-order valence-corrected chi connectivity index (χ3v) is 4.75. The Morgan fingerprint density at radius 2 is 2.11 bits per heavy atom. The van der Waals surface area contributed by atoms with E-state index in [0.717, 1.165) is 25.8 Å². The van der Waals surface area contributed by atoms with Crippen LogP contribution in [0.5, 0.6) is 0 Å². The molecule has 0 spiro atoms. The van der Waals surface area contributed by atoms with Gasteiger partial charge in [-0.25, -0.2) is 0 Å². The Balaban J connectivity index is 2.04. The van der Waals surface area contributed by atoms with E-state index in [1.807, 2.05) is 13.8 Å². The number of likely N-dealkylation sites (tertiary alicyclic amines) is 1. The fourth-order valence-electron chi connectivity index (χ4n) is 3.20. The SMILES string of the molecule is CC(C)C1(C(=O)O)CCN(C(=O)C2CCCCN2)C1. The highest BCUT2D eigenvalue weighted by Gasteiger charge is 2.49. The van der Waals surface area contributed by atoms with Crippen molar-refractivity contribution >= 4 is 11.9 Å². The van der Waals surface area contributed by atoms with Crippen LogP contribution in [0.3, 0.4) is 0 Å². The van der Waals surface area contributed by atoms with Gasteiger partial charge in [-0.1, -0.05) is 20.3 Å². The molecule has 1 amide bonds. The smallest absolute Gasteiger partial charge is 0.311 e. The Hall–Kier alpha value is -1.10. The zero-order valence-corrected chi connectivity index (χ0v) is 11.8. The number of carboxylic acids is 1. The number of hydrogen-bond acceptors (Lipinski definition) is 3. The predicted molar refractivity (Wildman–Crippen MR) is 71.7 cm³/mol. The van der Waals surface area contributed by atoms with Crippen LogP contribution in [-0.4, -0.2) is 47.6 Å². The third-order valence-electron chi connectivity index (χ3n) is 4.75. The molecule has 2 saturated heterocycles. The molecule has 2 fully saturated rings. The van der Waals surface area contributed by atoms with E-state index in [0.29, 0.717) is 19.5 Å². The quantitative estimate of drug-likeness (QED) is 0.804. The average Bonchev–Trinajstić information content (AvgIpc) is 2.85. The lowest BCUT2D eigenvalue weighted by molar-refractivity contribution is -0.151. The summed E-state index contributed by atoms with van der Waals surface area (Å²) in [6.45, 7) is 5.68. The summed E-state index contributed by atoms with van der Waals surface area (Å²) < 4.78 is 0. The first kappa shape index (κ1) is 14.3. The molecular weight excluding hydrogens is 244 g/mol. The molecule has 108 valence electrons. The van der Waals surface area contributed by atoms with Crippen molar-refractivity contribution in [2.45, 2.75) is 45.6 Å². The van der Waals surface area contributed by atoms with Crippen molar-refractivity contribution in [1.82, 2.24) is 10.2 Å². The van der Waals surface area contributed by atoms with Crippen LogP contribution < -0.4 is 5.32 Å². The number of carboxylic acid groups (broad SMARTS) is 1. The van der Waals surface area contributed by atoms with Crippen molar-refractivity contribution in [3.05, 3.63) is 0 Å². The molecule has 2 aliphatic heterocycles. The normalized spacial score (nSPS) is 31.7. The van der Waals surface area contributed by atoms with Gasteiger partial charge in [0.2, 0.25) is 5.91 Å². The van der Waals surface area contributed by atoms with Crippen molar-refractivity contribution in [3.8, 4) is 0 Å². The summed E-state index contributed by atoms with van der Waals surface area (Å²) in [6.07, 6.45) is 3.63. The first-order chi connectivity index (χ1) is 8.97. The van der Waals surface area contributed by atoms with Gasteiger partial charge < -0.3 is 15.3 Å². The average molecular weight is 268 g/mol. The van der Waals surface area contributed by atoms with E-state index in [2.05, 4.69) is 5.32 Å². The lowest BCUT2D eigenvalue weighted by atomic mass is 9.76. The second kappa shape index (κ2) is 5.49. The monoisotopic (exact) mass is 268 g/mol. The number of piperidine rings is 1. The van der Waals surface area contributed by atoms with Crippen molar-refractivity contribution in [2.24, 2.45) is 11.3 Å². The fourth-order valence-corrected chi connectivity index (χ4v) is 3.20. The van der Waals surface area contributed by atoms with Crippen molar-refractivity contribution in [1.29, 1.82) is 0 Å². The van der Waals surface area contributed by atoms with E-state index < -0.39 is 11.4 Å². The van der Waals surface area contributed by atoms with Crippen molar-refractivity contribution < 1.29 is 14.7 Å². The van der Waals surface area contributed by atoms with E-state index >= 15 is 0 Å². The number of hydrogen-bond donors (Lipinski definition) is 2. The first-order valence-corrected chi connectivity index (χ1v) is 7.23. The largest absolute Gasteiger partial charge is 0.481 e. The molecular formula is C14H24N2O3. The maximum absolute atomic E-state index is 12.4. The molecule has 19 heavy (non-hydrogen) atoms. The maximum Gasteiger partial charge on any atom is 0.311 e. The second-order valence-corrected chi connectivity index (χ2v) is 6.13. The van der Waals surface area contributed by atoms with Gasteiger partial charge in [-0.3, -0.25) is 9.59 Å². The molecule has 2 aliphatic rings. The molecule has 0 saturated carbocycles. The van der Waals surface area contributed by atoms with Gasteiger partial charge in [-0.2, -0.15) is 0 Å². The van der Waals surface area contributed by atoms with E-state index in [1.165, 1.54) is 0 Å².